The van der Waals surface area contributed by atoms with E-state index in [0.717, 1.165) is 25.9 Å². The maximum atomic E-state index is 12.8. The summed E-state index contributed by atoms with van der Waals surface area (Å²) in [7, 11) is -3.63. The standard InChI is InChI=1S/C15H17ClN2O3S/c16-13-8-11(9-17)3-4-15(13)22(19,20)18-6-5-14-12(10-18)2-1-7-21-14/h3-4,8,12,14H,1-2,5-7,10H2. The molecule has 5 nitrogen and oxygen atoms in total. The summed E-state index contributed by atoms with van der Waals surface area (Å²) in [5, 5.41) is 8.95. The van der Waals surface area contributed by atoms with Crippen molar-refractivity contribution in [3.63, 3.8) is 0 Å². The molecule has 2 unspecified atom stereocenters. The van der Waals surface area contributed by atoms with E-state index >= 15 is 0 Å². The fourth-order valence-electron chi connectivity index (χ4n) is 3.19. The predicted molar refractivity (Wildman–Crippen MR) is 82.0 cm³/mol. The highest BCUT2D eigenvalue weighted by molar-refractivity contribution is 7.89. The van der Waals surface area contributed by atoms with Gasteiger partial charge in [0.15, 0.2) is 0 Å². The van der Waals surface area contributed by atoms with Crippen molar-refractivity contribution in [3.8, 4) is 6.07 Å². The number of benzene rings is 1. The number of nitrogens with zero attached hydrogens (tertiary/aromatic N) is 2. The lowest BCUT2D eigenvalue weighted by Crippen LogP contribution is -2.48. The number of hydrogen-bond donors (Lipinski definition) is 0. The van der Waals surface area contributed by atoms with Crippen molar-refractivity contribution >= 4 is 21.6 Å². The van der Waals surface area contributed by atoms with Crippen LogP contribution in [-0.2, 0) is 14.8 Å². The lowest BCUT2D eigenvalue weighted by atomic mass is 9.90. The first kappa shape index (κ1) is 15.8. The largest absolute Gasteiger partial charge is 0.378 e. The SMILES string of the molecule is N#Cc1ccc(S(=O)(=O)N2CCC3OCCCC3C2)c(Cl)c1. The predicted octanol–water partition coefficient (Wildman–Crippen LogP) is 2.40. The molecule has 0 amide bonds. The summed E-state index contributed by atoms with van der Waals surface area (Å²) in [5.41, 5.74) is 0.350. The normalized spacial score (nSPS) is 26.2. The Morgan fingerprint density at radius 2 is 2.18 bits per heavy atom. The van der Waals surface area contributed by atoms with E-state index in [4.69, 9.17) is 21.6 Å². The van der Waals surface area contributed by atoms with E-state index in [2.05, 4.69) is 0 Å². The molecule has 2 atom stereocenters. The monoisotopic (exact) mass is 340 g/mol. The van der Waals surface area contributed by atoms with E-state index in [1.807, 2.05) is 6.07 Å². The summed E-state index contributed by atoms with van der Waals surface area (Å²) >= 11 is 6.07. The number of nitriles is 1. The van der Waals surface area contributed by atoms with Crippen LogP contribution in [0.25, 0.3) is 0 Å². The number of hydrogen-bond acceptors (Lipinski definition) is 4. The van der Waals surface area contributed by atoms with Gasteiger partial charge in [0.2, 0.25) is 10.0 Å². The summed E-state index contributed by atoms with van der Waals surface area (Å²) < 4.78 is 32.8. The summed E-state index contributed by atoms with van der Waals surface area (Å²) in [6.07, 6.45) is 2.87. The van der Waals surface area contributed by atoms with Crippen LogP contribution in [0.4, 0.5) is 0 Å². The van der Waals surface area contributed by atoms with E-state index < -0.39 is 10.0 Å². The first-order valence-electron chi connectivity index (χ1n) is 7.34. The Hall–Kier alpha value is -1.13. The average Bonchev–Trinajstić information content (AvgIpc) is 2.54. The lowest BCUT2D eigenvalue weighted by molar-refractivity contribution is -0.0534. The molecule has 22 heavy (non-hydrogen) atoms. The molecule has 2 aliphatic rings. The highest BCUT2D eigenvalue weighted by atomic mass is 35.5. The first-order chi connectivity index (χ1) is 10.5. The Morgan fingerprint density at radius 1 is 1.36 bits per heavy atom. The van der Waals surface area contributed by atoms with Crippen molar-refractivity contribution in [2.45, 2.75) is 30.3 Å². The van der Waals surface area contributed by atoms with Crippen molar-refractivity contribution in [1.29, 1.82) is 5.26 Å². The number of rotatable bonds is 2. The summed E-state index contributed by atoms with van der Waals surface area (Å²) in [5.74, 6) is 0.259. The number of fused-ring (bicyclic) bond motifs is 1. The summed E-state index contributed by atoms with van der Waals surface area (Å²) in [6, 6.07) is 6.25. The zero-order valence-electron chi connectivity index (χ0n) is 12.0. The van der Waals surface area contributed by atoms with Crippen LogP contribution in [0.2, 0.25) is 5.02 Å². The van der Waals surface area contributed by atoms with Gasteiger partial charge in [0.1, 0.15) is 4.90 Å². The maximum Gasteiger partial charge on any atom is 0.244 e. The third kappa shape index (κ3) is 2.86. The van der Waals surface area contributed by atoms with Gasteiger partial charge in [-0.1, -0.05) is 11.6 Å². The Labute approximate surface area is 135 Å². The average molecular weight is 341 g/mol. The second-order valence-corrected chi connectivity index (χ2v) is 8.03. The van der Waals surface area contributed by atoms with Gasteiger partial charge in [-0.25, -0.2) is 8.42 Å². The molecule has 0 saturated carbocycles. The molecule has 0 aromatic heterocycles. The van der Waals surface area contributed by atoms with Crippen LogP contribution in [0.5, 0.6) is 0 Å². The van der Waals surface area contributed by atoms with Gasteiger partial charge in [0.25, 0.3) is 0 Å². The molecule has 2 saturated heterocycles. The van der Waals surface area contributed by atoms with Crippen LogP contribution in [0.3, 0.4) is 0 Å². The van der Waals surface area contributed by atoms with Gasteiger partial charge in [0.05, 0.1) is 22.8 Å². The van der Waals surface area contributed by atoms with Crippen LogP contribution >= 0.6 is 11.6 Å². The number of halogens is 1. The zero-order chi connectivity index (χ0) is 15.7. The van der Waals surface area contributed by atoms with Crippen molar-refractivity contribution in [1.82, 2.24) is 4.31 Å². The van der Waals surface area contributed by atoms with E-state index in [1.165, 1.54) is 22.5 Å². The Kier molecular flexibility index (Phi) is 4.42. The van der Waals surface area contributed by atoms with Gasteiger partial charge in [-0.2, -0.15) is 9.57 Å². The molecule has 0 bridgehead atoms. The quantitative estimate of drug-likeness (QED) is 0.828. The molecule has 2 fully saturated rings. The molecular formula is C15H17ClN2O3S. The van der Waals surface area contributed by atoms with Crippen LogP contribution in [-0.4, -0.2) is 38.5 Å². The molecule has 0 N–H and O–H groups in total. The van der Waals surface area contributed by atoms with Crippen LogP contribution in [0.1, 0.15) is 24.8 Å². The number of sulfonamides is 1. The van der Waals surface area contributed by atoms with Crippen molar-refractivity contribution in [3.05, 3.63) is 28.8 Å². The molecule has 7 heteroatoms. The van der Waals surface area contributed by atoms with E-state index in [-0.39, 0.29) is 21.9 Å². The van der Waals surface area contributed by atoms with Gasteiger partial charge in [-0.15, -0.1) is 0 Å². The third-order valence-corrected chi connectivity index (χ3v) is 6.70. The minimum Gasteiger partial charge on any atom is -0.378 e. The fraction of sp³-hybridized carbons (Fsp3) is 0.533. The van der Waals surface area contributed by atoms with Crippen molar-refractivity contribution in [2.24, 2.45) is 5.92 Å². The fourth-order valence-corrected chi connectivity index (χ4v) is 5.22. The number of ether oxygens (including phenoxy) is 1. The molecule has 118 valence electrons. The smallest absolute Gasteiger partial charge is 0.244 e. The molecule has 3 rings (SSSR count). The highest BCUT2D eigenvalue weighted by Gasteiger charge is 2.37. The second-order valence-electron chi connectivity index (χ2n) is 5.72. The van der Waals surface area contributed by atoms with Gasteiger partial charge in [-0.05, 0) is 43.4 Å². The molecule has 0 aliphatic carbocycles. The molecular weight excluding hydrogens is 324 g/mol. The van der Waals surface area contributed by atoms with Gasteiger partial charge < -0.3 is 4.74 Å². The second kappa shape index (κ2) is 6.17. The molecule has 1 aromatic rings. The minimum atomic E-state index is -3.63. The molecule has 1 aromatic carbocycles. The molecule has 0 spiro atoms. The lowest BCUT2D eigenvalue weighted by Gasteiger charge is -2.40. The first-order valence-corrected chi connectivity index (χ1v) is 9.15. The molecule has 2 aliphatic heterocycles. The van der Waals surface area contributed by atoms with E-state index in [0.29, 0.717) is 18.7 Å². The summed E-state index contributed by atoms with van der Waals surface area (Å²) in [6.45, 7) is 1.69. The number of piperidine rings is 1. The molecule has 2 heterocycles. The highest BCUT2D eigenvalue weighted by Crippen LogP contribution is 2.33. The maximum absolute atomic E-state index is 12.8. The Bertz CT molecular complexity index is 714. The topological polar surface area (TPSA) is 70.4 Å². The summed E-state index contributed by atoms with van der Waals surface area (Å²) in [4.78, 5) is 0.0725. The van der Waals surface area contributed by atoms with Crippen molar-refractivity contribution in [2.75, 3.05) is 19.7 Å². The van der Waals surface area contributed by atoms with Crippen LogP contribution in [0.15, 0.2) is 23.1 Å². The van der Waals surface area contributed by atoms with Crippen molar-refractivity contribution < 1.29 is 13.2 Å². The van der Waals surface area contributed by atoms with Crippen LogP contribution in [0, 0.1) is 17.2 Å². The van der Waals surface area contributed by atoms with E-state index in [1.54, 1.807) is 0 Å². The zero-order valence-corrected chi connectivity index (χ0v) is 13.6. The molecule has 0 radical (unpaired) electrons. The van der Waals surface area contributed by atoms with Crippen LogP contribution < -0.4 is 0 Å². The third-order valence-electron chi connectivity index (χ3n) is 4.36. The Balaban J connectivity index is 1.85. The van der Waals surface area contributed by atoms with Gasteiger partial charge in [0, 0.05) is 19.7 Å². The van der Waals surface area contributed by atoms with Gasteiger partial charge in [-0.3, -0.25) is 0 Å². The Morgan fingerprint density at radius 3 is 2.91 bits per heavy atom. The van der Waals surface area contributed by atoms with E-state index in [9.17, 15) is 8.42 Å². The van der Waals surface area contributed by atoms with Gasteiger partial charge >= 0.3 is 0 Å². The minimum absolute atomic E-state index is 0.0725.